The van der Waals surface area contributed by atoms with E-state index in [9.17, 15) is 4.39 Å². The Morgan fingerprint density at radius 2 is 2.11 bits per heavy atom. The number of rotatable bonds is 6. The molecular formula is C14H20ClFN2O. The summed E-state index contributed by atoms with van der Waals surface area (Å²) in [6.45, 7) is 6.45. The SMILES string of the molecule is Fc1cc(CNCCCN2CCOCC2)ccc1Cl. The number of hydrogen-bond acceptors (Lipinski definition) is 3. The van der Waals surface area contributed by atoms with Gasteiger partial charge in [-0.1, -0.05) is 17.7 Å². The largest absolute Gasteiger partial charge is 0.379 e. The molecule has 1 saturated heterocycles. The summed E-state index contributed by atoms with van der Waals surface area (Å²) in [6, 6.07) is 4.93. The molecule has 106 valence electrons. The van der Waals surface area contributed by atoms with Gasteiger partial charge in [-0.25, -0.2) is 4.39 Å². The third-order valence-electron chi connectivity index (χ3n) is 3.24. The second kappa shape index (κ2) is 7.80. The van der Waals surface area contributed by atoms with Crippen LogP contribution < -0.4 is 5.32 Å². The molecule has 5 heteroatoms. The number of nitrogens with zero attached hydrogens (tertiary/aromatic N) is 1. The van der Waals surface area contributed by atoms with Gasteiger partial charge in [0.05, 0.1) is 18.2 Å². The topological polar surface area (TPSA) is 24.5 Å². The molecule has 1 aliphatic heterocycles. The molecule has 0 unspecified atom stereocenters. The van der Waals surface area contributed by atoms with Crippen LogP contribution in [0, 0.1) is 5.82 Å². The Labute approximate surface area is 118 Å². The molecule has 3 nitrogen and oxygen atoms in total. The molecule has 0 bridgehead atoms. The number of benzene rings is 1. The van der Waals surface area contributed by atoms with E-state index in [1.807, 2.05) is 6.07 Å². The number of halogens is 2. The lowest BCUT2D eigenvalue weighted by molar-refractivity contribution is 0.0374. The van der Waals surface area contributed by atoms with Crippen LogP contribution in [0.5, 0.6) is 0 Å². The fourth-order valence-electron chi connectivity index (χ4n) is 2.13. The van der Waals surface area contributed by atoms with E-state index in [2.05, 4.69) is 10.2 Å². The fraction of sp³-hybridized carbons (Fsp3) is 0.571. The Morgan fingerprint density at radius 3 is 2.84 bits per heavy atom. The normalized spacial score (nSPS) is 16.7. The maximum absolute atomic E-state index is 13.2. The number of nitrogens with one attached hydrogen (secondary N) is 1. The van der Waals surface area contributed by atoms with Crippen molar-refractivity contribution in [2.24, 2.45) is 0 Å². The van der Waals surface area contributed by atoms with Crippen molar-refractivity contribution >= 4 is 11.6 Å². The summed E-state index contributed by atoms with van der Waals surface area (Å²) in [5.41, 5.74) is 0.924. The van der Waals surface area contributed by atoms with Crippen molar-refractivity contribution < 1.29 is 9.13 Å². The van der Waals surface area contributed by atoms with E-state index in [1.165, 1.54) is 6.07 Å². The third-order valence-corrected chi connectivity index (χ3v) is 3.55. The highest BCUT2D eigenvalue weighted by atomic mass is 35.5. The second-order valence-corrected chi connectivity index (χ2v) is 5.14. The van der Waals surface area contributed by atoms with Gasteiger partial charge in [0, 0.05) is 19.6 Å². The van der Waals surface area contributed by atoms with Gasteiger partial charge in [0.25, 0.3) is 0 Å². The van der Waals surface area contributed by atoms with E-state index in [-0.39, 0.29) is 10.8 Å². The van der Waals surface area contributed by atoms with E-state index in [4.69, 9.17) is 16.3 Å². The highest BCUT2D eigenvalue weighted by molar-refractivity contribution is 6.30. The van der Waals surface area contributed by atoms with Crippen LogP contribution in [-0.2, 0) is 11.3 Å². The molecular weight excluding hydrogens is 267 g/mol. The average molecular weight is 287 g/mol. The van der Waals surface area contributed by atoms with Gasteiger partial charge >= 0.3 is 0 Å². The van der Waals surface area contributed by atoms with Gasteiger partial charge in [0.15, 0.2) is 0 Å². The lowest BCUT2D eigenvalue weighted by atomic mass is 10.2. The van der Waals surface area contributed by atoms with Crippen LogP contribution in [-0.4, -0.2) is 44.3 Å². The molecule has 0 radical (unpaired) electrons. The quantitative estimate of drug-likeness (QED) is 0.812. The summed E-state index contributed by atoms with van der Waals surface area (Å²) >= 11 is 5.64. The standard InChI is InChI=1S/C14H20ClFN2O/c15-13-3-2-12(10-14(13)16)11-17-4-1-5-18-6-8-19-9-7-18/h2-3,10,17H,1,4-9,11H2. The van der Waals surface area contributed by atoms with Crippen molar-refractivity contribution in [3.05, 3.63) is 34.6 Å². The Bertz CT molecular complexity index is 397. The van der Waals surface area contributed by atoms with Crippen molar-refractivity contribution in [1.82, 2.24) is 10.2 Å². The molecule has 0 spiro atoms. The fourth-order valence-corrected chi connectivity index (χ4v) is 2.25. The Balaban J connectivity index is 1.59. The zero-order valence-corrected chi connectivity index (χ0v) is 11.8. The summed E-state index contributed by atoms with van der Waals surface area (Å²) < 4.78 is 18.5. The molecule has 1 N–H and O–H groups in total. The maximum Gasteiger partial charge on any atom is 0.142 e. The molecule has 0 saturated carbocycles. The molecule has 1 aromatic carbocycles. The first-order valence-electron chi connectivity index (χ1n) is 6.70. The van der Waals surface area contributed by atoms with Crippen LogP contribution in [0.1, 0.15) is 12.0 Å². The molecule has 1 fully saturated rings. The van der Waals surface area contributed by atoms with E-state index in [0.29, 0.717) is 6.54 Å². The number of morpholine rings is 1. The zero-order chi connectivity index (χ0) is 13.5. The molecule has 0 aliphatic carbocycles. The molecule has 0 amide bonds. The summed E-state index contributed by atoms with van der Waals surface area (Å²) in [5, 5.41) is 3.50. The van der Waals surface area contributed by atoms with Crippen LogP contribution >= 0.6 is 11.6 Å². The lowest BCUT2D eigenvalue weighted by Gasteiger charge is -2.26. The molecule has 19 heavy (non-hydrogen) atoms. The van der Waals surface area contributed by atoms with Crippen molar-refractivity contribution in [2.45, 2.75) is 13.0 Å². The van der Waals surface area contributed by atoms with Gasteiger partial charge in [0.2, 0.25) is 0 Å². The number of ether oxygens (including phenoxy) is 1. The van der Waals surface area contributed by atoms with Gasteiger partial charge in [0.1, 0.15) is 5.82 Å². The smallest absolute Gasteiger partial charge is 0.142 e. The van der Waals surface area contributed by atoms with Crippen molar-refractivity contribution in [3.63, 3.8) is 0 Å². The third kappa shape index (κ3) is 5.07. The van der Waals surface area contributed by atoms with Gasteiger partial charge in [-0.05, 0) is 37.2 Å². The van der Waals surface area contributed by atoms with E-state index >= 15 is 0 Å². The number of hydrogen-bond donors (Lipinski definition) is 1. The first-order chi connectivity index (χ1) is 9.25. The predicted molar refractivity (Wildman–Crippen MR) is 75.0 cm³/mol. The highest BCUT2D eigenvalue weighted by Gasteiger charge is 2.08. The molecule has 0 aromatic heterocycles. The van der Waals surface area contributed by atoms with Crippen LogP contribution in [0.15, 0.2) is 18.2 Å². The minimum absolute atomic E-state index is 0.177. The molecule has 1 aromatic rings. The summed E-state index contributed by atoms with van der Waals surface area (Å²) in [6.07, 6.45) is 1.09. The van der Waals surface area contributed by atoms with E-state index in [0.717, 1.165) is 51.4 Å². The van der Waals surface area contributed by atoms with Gasteiger partial charge in [-0.3, -0.25) is 4.90 Å². The van der Waals surface area contributed by atoms with Gasteiger partial charge in [-0.15, -0.1) is 0 Å². The van der Waals surface area contributed by atoms with Crippen molar-refractivity contribution in [1.29, 1.82) is 0 Å². The first-order valence-corrected chi connectivity index (χ1v) is 7.08. The summed E-state index contributed by atoms with van der Waals surface area (Å²) in [4.78, 5) is 2.41. The minimum atomic E-state index is -0.353. The van der Waals surface area contributed by atoms with Crippen LogP contribution in [0.25, 0.3) is 0 Å². The Morgan fingerprint density at radius 1 is 1.32 bits per heavy atom. The van der Waals surface area contributed by atoms with E-state index < -0.39 is 0 Å². The molecule has 1 heterocycles. The Kier molecular flexibility index (Phi) is 6.04. The van der Waals surface area contributed by atoms with Gasteiger partial charge in [-0.2, -0.15) is 0 Å². The maximum atomic E-state index is 13.2. The average Bonchev–Trinajstić information content (AvgIpc) is 2.43. The highest BCUT2D eigenvalue weighted by Crippen LogP contribution is 2.15. The predicted octanol–water partition coefficient (Wildman–Crippen LogP) is 2.29. The lowest BCUT2D eigenvalue weighted by Crippen LogP contribution is -2.37. The van der Waals surface area contributed by atoms with Gasteiger partial charge < -0.3 is 10.1 Å². The second-order valence-electron chi connectivity index (χ2n) is 4.73. The monoisotopic (exact) mass is 286 g/mol. The molecule has 2 rings (SSSR count). The van der Waals surface area contributed by atoms with Crippen LogP contribution in [0.2, 0.25) is 5.02 Å². The summed E-state index contributed by atoms with van der Waals surface area (Å²) in [7, 11) is 0. The zero-order valence-electron chi connectivity index (χ0n) is 11.0. The van der Waals surface area contributed by atoms with Crippen molar-refractivity contribution in [3.8, 4) is 0 Å². The first kappa shape index (κ1) is 14.7. The minimum Gasteiger partial charge on any atom is -0.379 e. The molecule has 1 aliphatic rings. The summed E-state index contributed by atoms with van der Waals surface area (Å²) in [5.74, 6) is -0.353. The van der Waals surface area contributed by atoms with E-state index in [1.54, 1.807) is 6.07 Å². The van der Waals surface area contributed by atoms with Crippen molar-refractivity contribution in [2.75, 3.05) is 39.4 Å². The molecule has 0 atom stereocenters. The van der Waals surface area contributed by atoms with Crippen LogP contribution in [0.4, 0.5) is 4.39 Å². The Hall–Kier alpha value is -0.680. The van der Waals surface area contributed by atoms with Crippen LogP contribution in [0.3, 0.4) is 0 Å².